The lowest BCUT2D eigenvalue weighted by atomic mass is 10.1. The fourth-order valence-electron chi connectivity index (χ4n) is 1.46. The maximum atomic E-state index is 9.39. The van der Waals surface area contributed by atoms with Gasteiger partial charge in [0.15, 0.2) is 0 Å². The van der Waals surface area contributed by atoms with Crippen molar-refractivity contribution in [2.45, 2.75) is 32.0 Å². The predicted octanol–water partition coefficient (Wildman–Crippen LogP) is 1.84. The zero-order valence-electron chi connectivity index (χ0n) is 9.06. The average molecular weight is 230 g/mol. The summed E-state index contributed by atoms with van der Waals surface area (Å²) < 4.78 is 10.3. The van der Waals surface area contributed by atoms with E-state index >= 15 is 0 Å². The third-order valence-corrected chi connectivity index (χ3v) is 2.51. The summed E-state index contributed by atoms with van der Waals surface area (Å²) in [5.74, 6) is 0. The van der Waals surface area contributed by atoms with Gasteiger partial charge in [-0.15, -0.1) is 0 Å². The van der Waals surface area contributed by atoms with Crippen LogP contribution in [0.2, 0.25) is 0 Å². The van der Waals surface area contributed by atoms with E-state index in [2.05, 4.69) is 22.5 Å². The van der Waals surface area contributed by atoms with Gasteiger partial charge in [0.25, 0.3) is 0 Å². The second-order valence-corrected chi connectivity index (χ2v) is 4.11. The monoisotopic (exact) mass is 230 g/mol. The van der Waals surface area contributed by atoms with Gasteiger partial charge in [-0.05, 0) is 19.8 Å². The van der Waals surface area contributed by atoms with E-state index in [1.165, 1.54) is 5.57 Å². The highest BCUT2D eigenvalue weighted by molar-refractivity contribution is 7.09. The molecule has 3 atom stereocenters. The highest BCUT2D eigenvalue weighted by Gasteiger charge is 2.10. The van der Waals surface area contributed by atoms with Gasteiger partial charge in [0, 0.05) is 9.47 Å². The first kappa shape index (κ1) is 12.9. The Balaban J connectivity index is 2.23. The second kappa shape index (κ2) is 7.13. The standard InChI is InChI=1S/C11H19O3P/c1-9-5-6-13-11(7-9)4-2-3-10(12)8-14-15/h2,4-5,10-12H,3,6-8,15H2,1H3/b4-2+. The first-order valence-corrected chi connectivity index (χ1v) is 5.63. The molecule has 1 aliphatic heterocycles. The molecule has 86 valence electrons. The van der Waals surface area contributed by atoms with Crippen LogP contribution in [0, 0.1) is 0 Å². The average Bonchev–Trinajstić information content (AvgIpc) is 2.18. The molecule has 1 rings (SSSR count). The van der Waals surface area contributed by atoms with Gasteiger partial charge in [0.1, 0.15) is 0 Å². The highest BCUT2D eigenvalue weighted by Crippen LogP contribution is 2.15. The van der Waals surface area contributed by atoms with Crippen molar-refractivity contribution >= 4 is 9.47 Å². The Morgan fingerprint density at radius 2 is 2.60 bits per heavy atom. The van der Waals surface area contributed by atoms with Crippen LogP contribution in [-0.4, -0.2) is 30.5 Å². The molecule has 3 nitrogen and oxygen atoms in total. The van der Waals surface area contributed by atoms with Gasteiger partial charge in [0.2, 0.25) is 0 Å². The maximum absolute atomic E-state index is 9.39. The lowest BCUT2D eigenvalue weighted by Crippen LogP contribution is -2.16. The van der Waals surface area contributed by atoms with Crippen LogP contribution in [0.3, 0.4) is 0 Å². The van der Waals surface area contributed by atoms with E-state index in [0.717, 1.165) is 6.42 Å². The number of ether oxygens (including phenoxy) is 1. The molecule has 1 aliphatic rings. The molecule has 0 saturated heterocycles. The molecule has 3 unspecified atom stereocenters. The molecule has 1 heterocycles. The summed E-state index contributed by atoms with van der Waals surface area (Å²) in [7, 11) is 2.13. The minimum atomic E-state index is -0.432. The number of aliphatic hydroxyl groups excluding tert-OH is 1. The number of hydrogen-bond donors (Lipinski definition) is 1. The largest absolute Gasteiger partial charge is 0.390 e. The molecule has 0 spiro atoms. The molecule has 0 radical (unpaired) electrons. The minimum Gasteiger partial charge on any atom is -0.390 e. The lowest BCUT2D eigenvalue weighted by Gasteiger charge is -2.18. The molecule has 0 aromatic rings. The maximum Gasteiger partial charge on any atom is 0.0811 e. The van der Waals surface area contributed by atoms with Crippen molar-refractivity contribution in [3.63, 3.8) is 0 Å². The zero-order valence-corrected chi connectivity index (χ0v) is 10.2. The molecule has 0 aromatic heterocycles. The van der Waals surface area contributed by atoms with Crippen LogP contribution in [0.4, 0.5) is 0 Å². The van der Waals surface area contributed by atoms with Gasteiger partial charge in [-0.2, -0.15) is 0 Å². The second-order valence-electron chi connectivity index (χ2n) is 3.78. The van der Waals surface area contributed by atoms with Crippen molar-refractivity contribution in [3.8, 4) is 0 Å². The number of hydrogen-bond acceptors (Lipinski definition) is 3. The molecule has 0 amide bonds. The fraction of sp³-hybridized carbons (Fsp3) is 0.636. The molecule has 0 bridgehead atoms. The quantitative estimate of drug-likeness (QED) is 0.578. The van der Waals surface area contributed by atoms with Gasteiger partial charge >= 0.3 is 0 Å². The Bertz CT molecular complexity index is 238. The van der Waals surface area contributed by atoms with E-state index in [1.807, 2.05) is 12.2 Å². The van der Waals surface area contributed by atoms with E-state index in [1.54, 1.807) is 0 Å². The molecular formula is C11H19O3P. The third-order valence-electron chi connectivity index (χ3n) is 2.31. The fourth-order valence-corrected chi connectivity index (χ4v) is 1.69. The van der Waals surface area contributed by atoms with Gasteiger partial charge in [-0.3, -0.25) is 0 Å². The lowest BCUT2D eigenvalue weighted by molar-refractivity contribution is 0.0972. The molecule has 0 fully saturated rings. The smallest absolute Gasteiger partial charge is 0.0811 e. The summed E-state index contributed by atoms with van der Waals surface area (Å²) in [5, 5.41) is 9.39. The molecule has 4 heteroatoms. The predicted molar refractivity (Wildman–Crippen MR) is 63.5 cm³/mol. The Morgan fingerprint density at radius 3 is 3.27 bits per heavy atom. The van der Waals surface area contributed by atoms with Crippen molar-refractivity contribution in [1.29, 1.82) is 0 Å². The minimum absolute atomic E-state index is 0.166. The Morgan fingerprint density at radius 1 is 1.80 bits per heavy atom. The van der Waals surface area contributed by atoms with Crippen LogP contribution >= 0.6 is 9.47 Å². The summed E-state index contributed by atoms with van der Waals surface area (Å²) in [6.07, 6.45) is 7.36. The van der Waals surface area contributed by atoms with Gasteiger partial charge in [-0.1, -0.05) is 23.8 Å². The SMILES string of the molecule is CC1=CCOC(/C=C/CC(O)COP)C1. The van der Waals surface area contributed by atoms with E-state index in [4.69, 9.17) is 9.26 Å². The van der Waals surface area contributed by atoms with Crippen molar-refractivity contribution in [2.75, 3.05) is 13.2 Å². The third kappa shape index (κ3) is 5.43. The van der Waals surface area contributed by atoms with Crippen LogP contribution in [-0.2, 0) is 9.26 Å². The normalized spacial score (nSPS) is 24.2. The first-order chi connectivity index (χ1) is 7.22. The summed E-state index contributed by atoms with van der Waals surface area (Å²) in [6, 6.07) is 0. The Kier molecular flexibility index (Phi) is 6.11. The topological polar surface area (TPSA) is 38.7 Å². The van der Waals surface area contributed by atoms with Crippen LogP contribution in [0.15, 0.2) is 23.8 Å². The number of aliphatic hydroxyl groups is 1. The summed E-state index contributed by atoms with van der Waals surface area (Å²) >= 11 is 0. The van der Waals surface area contributed by atoms with E-state index < -0.39 is 6.10 Å². The van der Waals surface area contributed by atoms with Crippen molar-refractivity contribution < 1.29 is 14.4 Å². The molecule has 15 heavy (non-hydrogen) atoms. The molecular weight excluding hydrogens is 211 g/mol. The van der Waals surface area contributed by atoms with Crippen LogP contribution in [0.25, 0.3) is 0 Å². The summed E-state index contributed by atoms with van der Waals surface area (Å²) in [4.78, 5) is 0. The summed E-state index contributed by atoms with van der Waals surface area (Å²) in [5.41, 5.74) is 1.37. The van der Waals surface area contributed by atoms with Gasteiger partial charge in [-0.25, -0.2) is 0 Å². The van der Waals surface area contributed by atoms with E-state index in [9.17, 15) is 5.11 Å². The molecule has 1 N–H and O–H groups in total. The zero-order chi connectivity index (χ0) is 11.1. The highest BCUT2D eigenvalue weighted by atomic mass is 31.0. The van der Waals surface area contributed by atoms with Crippen molar-refractivity contribution in [2.24, 2.45) is 0 Å². The molecule has 0 aromatic carbocycles. The van der Waals surface area contributed by atoms with Crippen LogP contribution in [0.1, 0.15) is 19.8 Å². The molecule has 0 aliphatic carbocycles. The number of rotatable bonds is 5. The Labute approximate surface area is 93.4 Å². The molecule has 0 saturated carbocycles. The van der Waals surface area contributed by atoms with Crippen LogP contribution in [0.5, 0.6) is 0 Å². The van der Waals surface area contributed by atoms with Crippen molar-refractivity contribution in [3.05, 3.63) is 23.8 Å². The van der Waals surface area contributed by atoms with Gasteiger partial charge < -0.3 is 14.4 Å². The first-order valence-electron chi connectivity index (χ1n) is 5.16. The van der Waals surface area contributed by atoms with Crippen LogP contribution < -0.4 is 0 Å². The van der Waals surface area contributed by atoms with Crippen molar-refractivity contribution in [1.82, 2.24) is 0 Å². The van der Waals surface area contributed by atoms with E-state index in [0.29, 0.717) is 19.6 Å². The van der Waals surface area contributed by atoms with Gasteiger partial charge in [0.05, 0.1) is 25.4 Å². The summed E-state index contributed by atoms with van der Waals surface area (Å²) in [6.45, 7) is 3.15. The van der Waals surface area contributed by atoms with E-state index in [-0.39, 0.29) is 6.10 Å². The Hall–Kier alpha value is -0.210.